The van der Waals surface area contributed by atoms with Gasteiger partial charge in [0.05, 0.1) is 19.8 Å². The first-order chi connectivity index (χ1) is 13.3. The molecule has 144 valence electrons. The van der Waals surface area contributed by atoms with Crippen LogP contribution in [0.2, 0.25) is 0 Å². The minimum atomic E-state index is 0.603. The number of ether oxygens (including phenoxy) is 1. The molecule has 0 saturated carbocycles. The molecule has 2 aliphatic rings. The number of hydrogen-bond acceptors (Lipinski definition) is 6. The van der Waals surface area contributed by atoms with Crippen LogP contribution in [0.1, 0.15) is 5.56 Å². The summed E-state index contributed by atoms with van der Waals surface area (Å²) in [6.07, 6.45) is 1.86. The summed E-state index contributed by atoms with van der Waals surface area (Å²) in [5.41, 5.74) is 8.75. The summed E-state index contributed by atoms with van der Waals surface area (Å²) in [6.45, 7) is 7.62. The maximum atomic E-state index is 6.30. The van der Waals surface area contributed by atoms with E-state index < -0.39 is 0 Å². The molecule has 0 amide bonds. The Morgan fingerprint density at radius 2 is 1.85 bits per heavy atom. The van der Waals surface area contributed by atoms with E-state index >= 15 is 0 Å². The van der Waals surface area contributed by atoms with Gasteiger partial charge in [0.25, 0.3) is 0 Å². The number of rotatable bonds is 4. The minimum Gasteiger partial charge on any atom is -0.378 e. The van der Waals surface area contributed by atoms with E-state index in [0.29, 0.717) is 12.5 Å². The topological polar surface area (TPSA) is 70.2 Å². The average molecular weight is 387 g/mol. The molecule has 2 aliphatic heterocycles. The standard InChI is InChI=1S/C19H26N6OS/c20-18(24-6-8-25(9-7-24)19-21-5-14-27-19)22-15-16-3-1-2-4-17(16)23-10-12-26-13-11-23/h1-5,14H,6-13,15H2,(H2,20,22). The molecule has 8 heteroatoms. The Balaban J connectivity index is 1.37. The molecule has 2 fully saturated rings. The summed E-state index contributed by atoms with van der Waals surface area (Å²) >= 11 is 1.68. The molecule has 0 spiro atoms. The first-order valence-electron chi connectivity index (χ1n) is 9.41. The molecule has 0 aliphatic carbocycles. The average Bonchev–Trinajstić information content (AvgIpc) is 3.28. The van der Waals surface area contributed by atoms with Crippen LogP contribution in [-0.2, 0) is 11.3 Å². The number of benzene rings is 1. The van der Waals surface area contributed by atoms with Crippen molar-refractivity contribution in [3.05, 3.63) is 41.4 Å². The Hall–Kier alpha value is -2.32. The molecule has 27 heavy (non-hydrogen) atoms. The van der Waals surface area contributed by atoms with Gasteiger partial charge >= 0.3 is 0 Å². The molecule has 0 unspecified atom stereocenters. The number of morpholine rings is 1. The fourth-order valence-electron chi connectivity index (χ4n) is 3.52. The van der Waals surface area contributed by atoms with Crippen LogP contribution in [0, 0.1) is 0 Å². The van der Waals surface area contributed by atoms with Gasteiger partial charge in [-0.05, 0) is 11.6 Å². The van der Waals surface area contributed by atoms with Crippen molar-refractivity contribution >= 4 is 28.1 Å². The molecule has 4 rings (SSSR count). The largest absolute Gasteiger partial charge is 0.378 e. The molecular formula is C19H26N6OS. The van der Waals surface area contributed by atoms with Gasteiger partial charge in [0, 0.05) is 56.5 Å². The van der Waals surface area contributed by atoms with Crippen LogP contribution in [0.4, 0.5) is 10.8 Å². The number of para-hydroxylation sites is 1. The zero-order valence-electron chi connectivity index (χ0n) is 15.5. The van der Waals surface area contributed by atoms with Crippen molar-refractivity contribution in [2.75, 3.05) is 62.3 Å². The second kappa shape index (κ2) is 8.58. The van der Waals surface area contributed by atoms with Crippen LogP contribution in [0.5, 0.6) is 0 Å². The van der Waals surface area contributed by atoms with E-state index in [9.17, 15) is 0 Å². The maximum absolute atomic E-state index is 6.30. The van der Waals surface area contributed by atoms with E-state index in [1.807, 2.05) is 11.6 Å². The zero-order chi connectivity index (χ0) is 18.5. The lowest BCUT2D eigenvalue weighted by Crippen LogP contribution is -2.51. The van der Waals surface area contributed by atoms with Gasteiger partial charge in [-0.1, -0.05) is 18.2 Å². The second-order valence-corrected chi connectivity index (χ2v) is 7.56. The predicted octanol–water partition coefficient (Wildman–Crippen LogP) is 1.62. The van der Waals surface area contributed by atoms with Crippen molar-refractivity contribution in [1.82, 2.24) is 9.88 Å². The monoisotopic (exact) mass is 386 g/mol. The summed E-state index contributed by atoms with van der Waals surface area (Å²) in [5.74, 6) is 0.630. The van der Waals surface area contributed by atoms with E-state index in [0.717, 1.165) is 57.6 Å². The number of hydrogen-bond donors (Lipinski definition) is 1. The number of nitrogens with two attached hydrogens (primary N) is 1. The lowest BCUT2D eigenvalue weighted by molar-refractivity contribution is 0.122. The first-order valence-corrected chi connectivity index (χ1v) is 10.3. The Morgan fingerprint density at radius 3 is 2.59 bits per heavy atom. The van der Waals surface area contributed by atoms with Crippen molar-refractivity contribution in [3.8, 4) is 0 Å². The summed E-state index contributed by atoms with van der Waals surface area (Å²) in [6, 6.07) is 8.46. The predicted molar refractivity (Wildman–Crippen MR) is 111 cm³/mol. The van der Waals surface area contributed by atoms with E-state index in [-0.39, 0.29) is 0 Å². The number of piperazine rings is 1. The molecule has 1 aromatic heterocycles. The molecule has 1 aromatic carbocycles. The van der Waals surface area contributed by atoms with Crippen LogP contribution in [0.15, 0.2) is 40.8 Å². The highest BCUT2D eigenvalue weighted by molar-refractivity contribution is 7.13. The number of nitrogens with zero attached hydrogens (tertiary/aromatic N) is 5. The fraction of sp³-hybridized carbons (Fsp3) is 0.474. The third-order valence-electron chi connectivity index (χ3n) is 5.05. The van der Waals surface area contributed by atoms with Gasteiger partial charge in [-0.3, -0.25) is 0 Å². The number of guanidine groups is 1. The first kappa shape index (κ1) is 18.1. The summed E-state index contributed by atoms with van der Waals surface area (Å²) in [7, 11) is 0. The number of thiazole rings is 1. The van der Waals surface area contributed by atoms with Gasteiger partial charge in [-0.25, -0.2) is 9.98 Å². The van der Waals surface area contributed by atoms with Crippen LogP contribution >= 0.6 is 11.3 Å². The maximum Gasteiger partial charge on any atom is 0.191 e. The number of anilines is 2. The van der Waals surface area contributed by atoms with Crippen molar-refractivity contribution < 1.29 is 4.74 Å². The molecule has 3 heterocycles. The Bertz CT molecular complexity index is 751. The Morgan fingerprint density at radius 1 is 1.07 bits per heavy atom. The highest BCUT2D eigenvalue weighted by Gasteiger charge is 2.20. The molecule has 0 radical (unpaired) electrons. The molecule has 0 atom stereocenters. The van der Waals surface area contributed by atoms with Crippen molar-refractivity contribution in [1.29, 1.82) is 0 Å². The van der Waals surface area contributed by atoms with E-state index in [1.54, 1.807) is 11.3 Å². The summed E-state index contributed by atoms with van der Waals surface area (Å²) in [4.78, 5) is 15.9. The van der Waals surface area contributed by atoms with Gasteiger partial charge < -0.3 is 25.2 Å². The van der Waals surface area contributed by atoms with E-state index in [2.05, 4.69) is 43.9 Å². The van der Waals surface area contributed by atoms with Crippen molar-refractivity contribution in [2.45, 2.75) is 6.54 Å². The SMILES string of the molecule is NC(=NCc1ccccc1N1CCOCC1)N1CCN(c2nccs2)CC1. The van der Waals surface area contributed by atoms with Crippen LogP contribution in [-0.4, -0.2) is 68.3 Å². The van der Waals surface area contributed by atoms with Crippen molar-refractivity contribution in [3.63, 3.8) is 0 Å². The Kier molecular flexibility index (Phi) is 5.74. The second-order valence-electron chi connectivity index (χ2n) is 6.69. The van der Waals surface area contributed by atoms with Gasteiger partial charge in [-0.15, -0.1) is 11.3 Å². The smallest absolute Gasteiger partial charge is 0.191 e. The molecule has 2 saturated heterocycles. The fourth-order valence-corrected chi connectivity index (χ4v) is 4.22. The highest BCUT2D eigenvalue weighted by Crippen LogP contribution is 2.22. The molecule has 0 bridgehead atoms. The van der Waals surface area contributed by atoms with Gasteiger partial charge in [0.15, 0.2) is 11.1 Å². The number of aliphatic imine (C=N–C) groups is 1. The Labute approximate surface area is 164 Å². The third-order valence-corrected chi connectivity index (χ3v) is 5.88. The van der Waals surface area contributed by atoms with Gasteiger partial charge in [0.1, 0.15) is 0 Å². The van der Waals surface area contributed by atoms with Gasteiger partial charge in [-0.2, -0.15) is 0 Å². The number of aromatic nitrogens is 1. The lowest BCUT2D eigenvalue weighted by Gasteiger charge is -2.35. The quantitative estimate of drug-likeness (QED) is 0.636. The minimum absolute atomic E-state index is 0.603. The van der Waals surface area contributed by atoms with Gasteiger partial charge in [0.2, 0.25) is 0 Å². The summed E-state index contributed by atoms with van der Waals surface area (Å²) in [5, 5.41) is 3.10. The normalized spacial score (nSPS) is 18.8. The zero-order valence-corrected chi connectivity index (χ0v) is 16.3. The van der Waals surface area contributed by atoms with Crippen molar-refractivity contribution in [2.24, 2.45) is 10.7 Å². The molecular weight excluding hydrogens is 360 g/mol. The summed E-state index contributed by atoms with van der Waals surface area (Å²) < 4.78 is 5.47. The van der Waals surface area contributed by atoms with Crippen LogP contribution < -0.4 is 15.5 Å². The van der Waals surface area contributed by atoms with E-state index in [1.165, 1.54) is 11.3 Å². The van der Waals surface area contributed by atoms with E-state index in [4.69, 9.17) is 15.5 Å². The lowest BCUT2D eigenvalue weighted by atomic mass is 10.1. The molecule has 2 aromatic rings. The highest BCUT2D eigenvalue weighted by atomic mass is 32.1. The van der Waals surface area contributed by atoms with Crippen LogP contribution in [0.25, 0.3) is 0 Å². The molecule has 7 nitrogen and oxygen atoms in total. The third kappa shape index (κ3) is 4.33. The van der Waals surface area contributed by atoms with Crippen LogP contribution in [0.3, 0.4) is 0 Å². The molecule has 2 N–H and O–H groups in total.